The molecular formula is C9H8F3O2. The number of rotatable bonds is 3. The lowest BCUT2D eigenvalue weighted by Gasteiger charge is -2.09. The molecule has 1 aromatic rings. The Morgan fingerprint density at radius 1 is 1.21 bits per heavy atom. The van der Waals surface area contributed by atoms with Crippen molar-refractivity contribution in [3.8, 4) is 11.5 Å². The molecule has 0 aliphatic carbocycles. The highest BCUT2D eigenvalue weighted by Gasteiger charge is 2.31. The molecule has 0 aliphatic heterocycles. The van der Waals surface area contributed by atoms with E-state index in [4.69, 9.17) is 4.74 Å². The second-order valence-electron chi connectivity index (χ2n) is 2.37. The first-order valence-corrected chi connectivity index (χ1v) is 3.79. The molecule has 1 radical (unpaired) electrons. The van der Waals surface area contributed by atoms with E-state index in [1.807, 2.05) is 0 Å². The SMILES string of the molecule is [CH2]COc1cccc(OC(F)(F)F)c1. The average molecular weight is 205 g/mol. The normalized spacial score (nSPS) is 11.1. The Morgan fingerprint density at radius 2 is 1.86 bits per heavy atom. The van der Waals surface area contributed by atoms with Crippen LogP contribution in [0.2, 0.25) is 0 Å². The van der Waals surface area contributed by atoms with E-state index in [2.05, 4.69) is 11.7 Å². The molecule has 0 bridgehead atoms. The molecule has 5 heteroatoms. The van der Waals surface area contributed by atoms with Crippen LogP contribution in [0.15, 0.2) is 24.3 Å². The molecule has 0 saturated heterocycles. The highest BCUT2D eigenvalue weighted by Crippen LogP contribution is 2.25. The predicted molar refractivity (Wildman–Crippen MR) is 44.0 cm³/mol. The molecule has 0 saturated carbocycles. The van der Waals surface area contributed by atoms with E-state index in [0.29, 0.717) is 5.75 Å². The highest BCUT2D eigenvalue weighted by atomic mass is 19.4. The minimum absolute atomic E-state index is 0.148. The molecule has 2 nitrogen and oxygen atoms in total. The third-order valence-corrected chi connectivity index (χ3v) is 1.31. The Hall–Kier alpha value is -1.39. The zero-order chi connectivity index (χ0) is 10.6. The maximum Gasteiger partial charge on any atom is 0.573 e. The summed E-state index contributed by atoms with van der Waals surface area (Å²) in [6, 6.07) is 5.28. The van der Waals surface area contributed by atoms with Crippen molar-refractivity contribution in [2.75, 3.05) is 6.61 Å². The molecule has 14 heavy (non-hydrogen) atoms. The summed E-state index contributed by atoms with van der Waals surface area (Å²) >= 11 is 0. The Kier molecular flexibility index (Phi) is 3.22. The molecule has 0 unspecified atom stereocenters. The van der Waals surface area contributed by atoms with Gasteiger partial charge in [-0.1, -0.05) is 6.07 Å². The van der Waals surface area contributed by atoms with Crippen molar-refractivity contribution in [1.82, 2.24) is 0 Å². The van der Waals surface area contributed by atoms with Crippen molar-refractivity contribution in [3.05, 3.63) is 31.2 Å². The summed E-state index contributed by atoms with van der Waals surface area (Å²) < 4.78 is 43.9. The van der Waals surface area contributed by atoms with Crippen LogP contribution in [0, 0.1) is 6.92 Å². The van der Waals surface area contributed by atoms with Gasteiger partial charge in [-0.15, -0.1) is 13.2 Å². The van der Waals surface area contributed by atoms with E-state index in [1.54, 1.807) is 0 Å². The molecule has 1 rings (SSSR count). The molecule has 77 valence electrons. The van der Waals surface area contributed by atoms with Gasteiger partial charge in [0.2, 0.25) is 0 Å². The molecule has 0 N–H and O–H groups in total. The first kappa shape index (κ1) is 10.7. The fraction of sp³-hybridized carbons (Fsp3) is 0.222. The summed E-state index contributed by atoms with van der Waals surface area (Å²) in [6.45, 7) is 3.55. The highest BCUT2D eigenvalue weighted by molar-refractivity contribution is 5.33. The van der Waals surface area contributed by atoms with Crippen LogP contribution >= 0.6 is 0 Å². The number of alkyl halides is 3. The Bertz CT molecular complexity index is 296. The van der Waals surface area contributed by atoms with E-state index in [0.717, 1.165) is 6.07 Å². The van der Waals surface area contributed by atoms with Gasteiger partial charge in [-0.05, 0) is 19.1 Å². The smallest absolute Gasteiger partial charge is 0.493 e. The number of hydrogen-bond acceptors (Lipinski definition) is 2. The summed E-state index contributed by atoms with van der Waals surface area (Å²) in [4.78, 5) is 0. The van der Waals surface area contributed by atoms with Crippen molar-refractivity contribution < 1.29 is 22.6 Å². The minimum Gasteiger partial charge on any atom is -0.493 e. The standard InChI is InChI=1S/C9H8F3O2/c1-2-13-7-4-3-5-8(6-7)14-9(10,11)12/h3-6H,1-2H2. The third kappa shape index (κ3) is 3.55. The van der Waals surface area contributed by atoms with Gasteiger partial charge in [0.25, 0.3) is 0 Å². The van der Waals surface area contributed by atoms with Gasteiger partial charge in [-0.2, -0.15) is 0 Å². The van der Waals surface area contributed by atoms with Crippen LogP contribution in [0.1, 0.15) is 0 Å². The van der Waals surface area contributed by atoms with E-state index in [-0.39, 0.29) is 12.4 Å². The van der Waals surface area contributed by atoms with Crippen molar-refractivity contribution in [2.45, 2.75) is 6.36 Å². The van der Waals surface area contributed by atoms with Gasteiger partial charge in [-0.25, -0.2) is 0 Å². The number of halogens is 3. The summed E-state index contributed by atoms with van der Waals surface area (Å²) in [6.07, 6.45) is -4.68. The molecule has 1 aromatic carbocycles. The lowest BCUT2D eigenvalue weighted by atomic mass is 10.3. The number of ether oxygens (including phenoxy) is 2. The van der Waals surface area contributed by atoms with Gasteiger partial charge in [-0.3, -0.25) is 0 Å². The maximum atomic E-state index is 11.8. The van der Waals surface area contributed by atoms with Crippen LogP contribution in [-0.4, -0.2) is 13.0 Å². The minimum atomic E-state index is -4.68. The van der Waals surface area contributed by atoms with Gasteiger partial charge in [0.15, 0.2) is 0 Å². The number of hydrogen-bond donors (Lipinski definition) is 0. The fourth-order valence-electron chi connectivity index (χ4n) is 0.879. The summed E-state index contributed by atoms with van der Waals surface area (Å²) in [5.41, 5.74) is 0. The summed E-state index contributed by atoms with van der Waals surface area (Å²) in [5, 5.41) is 0. The quantitative estimate of drug-likeness (QED) is 0.755. The van der Waals surface area contributed by atoms with Gasteiger partial charge < -0.3 is 9.47 Å². The first-order chi connectivity index (χ1) is 6.51. The van der Waals surface area contributed by atoms with Crippen LogP contribution in [0.25, 0.3) is 0 Å². The van der Waals surface area contributed by atoms with Gasteiger partial charge >= 0.3 is 6.36 Å². The second kappa shape index (κ2) is 4.21. The molecule has 0 heterocycles. The van der Waals surface area contributed by atoms with Gasteiger partial charge in [0, 0.05) is 6.07 Å². The van der Waals surface area contributed by atoms with Crippen LogP contribution in [-0.2, 0) is 0 Å². The largest absolute Gasteiger partial charge is 0.573 e. The monoisotopic (exact) mass is 205 g/mol. The molecule has 0 atom stereocenters. The van der Waals surface area contributed by atoms with Crippen molar-refractivity contribution >= 4 is 0 Å². The topological polar surface area (TPSA) is 18.5 Å². The van der Waals surface area contributed by atoms with E-state index >= 15 is 0 Å². The molecule has 0 spiro atoms. The maximum absolute atomic E-state index is 11.8. The lowest BCUT2D eigenvalue weighted by molar-refractivity contribution is -0.274. The average Bonchev–Trinajstić information content (AvgIpc) is 2.02. The molecule has 0 aliphatic rings. The van der Waals surface area contributed by atoms with Gasteiger partial charge in [0.05, 0.1) is 6.61 Å². The Labute approximate surface area is 79.2 Å². The molecule has 0 amide bonds. The van der Waals surface area contributed by atoms with Crippen LogP contribution in [0.3, 0.4) is 0 Å². The predicted octanol–water partition coefficient (Wildman–Crippen LogP) is 2.80. The Morgan fingerprint density at radius 3 is 2.43 bits per heavy atom. The van der Waals surface area contributed by atoms with E-state index in [9.17, 15) is 13.2 Å². The summed E-state index contributed by atoms with van der Waals surface area (Å²) in [5.74, 6) is -0.00907. The van der Waals surface area contributed by atoms with Crippen molar-refractivity contribution in [2.24, 2.45) is 0 Å². The first-order valence-electron chi connectivity index (χ1n) is 3.79. The van der Waals surface area contributed by atoms with E-state index < -0.39 is 6.36 Å². The Balaban J connectivity index is 2.73. The zero-order valence-electron chi connectivity index (χ0n) is 7.17. The van der Waals surface area contributed by atoms with Crippen molar-refractivity contribution in [1.29, 1.82) is 0 Å². The lowest BCUT2D eigenvalue weighted by Crippen LogP contribution is -2.17. The van der Waals surface area contributed by atoms with E-state index in [1.165, 1.54) is 18.2 Å². The van der Waals surface area contributed by atoms with Crippen LogP contribution in [0.5, 0.6) is 11.5 Å². The number of benzene rings is 1. The van der Waals surface area contributed by atoms with Gasteiger partial charge in [0.1, 0.15) is 11.5 Å². The molecular weight excluding hydrogens is 197 g/mol. The van der Waals surface area contributed by atoms with Crippen LogP contribution < -0.4 is 9.47 Å². The van der Waals surface area contributed by atoms with Crippen LogP contribution in [0.4, 0.5) is 13.2 Å². The zero-order valence-corrected chi connectivity index (χ0v) is 7.17. The molecule has 0 fully saturated rings. The van der Waals surface area contributed by atoms with Crippen molar-refractivity contribution in [3.63, 3.8) is 0 Å². The second-order valence-corrected chi connectivity index (χ2v) is 2.37. The molecule has 0 aromatic heterocycles. The summed E-state index contributed by atoms with van der Waals surface area (Å²) in [7, 11) is 0. The fourth-order valence-corrected chi connectivity index (χ4v) is 0.879. The third-order valence-electron chi connectivity index (χ3n) is 1.31.